The van der Waals surface area contributed by atoms with E-state index in [9.17, 15) is 4.79 Å². The van der Waals surface area contributed by atoms with Crippen LogP contribution in [-0.2, 0) is 6.54 Å². The molecule has 90 valence electrons. The maximum atomic E-state index is 10.9. The number of hydrogen-bond donors (Lipinski definition) is 1. The van der Waals surface area contributed by atoms with Crippen LogP contribution in [0.2, 0.25) is 0 Å². The SMILES string of the molecule is CSCC(C)N(C)Cc1occc1C(=O)O. The van der Waals surface area contributed by atoms with Crippen molar-refractivity contribution in [2.24, 2.45) is 0 Å². The number of carboxylic acid groups (broad SMARTS) is 1. The largest absolute Gasteiger partial charge is 0.478 e. The molecule has 0 saturated carbocycles. The Morgan fingerprint density at radius 1 is 1.69 bits per heavy atom. The Bertz CT molecular complexity index is 351. The monoisotopic (exact) mass is 243 g/mol. The number of carbonyl (C=O) groups is 1. The minimum absolute atomic E-state index is 0.253. The van der Waals surface area contributed by atoms with Crippen LogP contribution < -0.4 is 0 Å². The third-order valence-electron chi connectivity index (χ3n) is 2.53. The van der Waals surface area contributed by atoms with E-state index in [-0.39, 0.29) is 5.56 Å². The highest BCUT2D eigenvalue weighted by Crippen LogP contribution is 2.15. The fourth-order valence-corrected chi connectivity index (χ4v) is 2.14. The van der Waals surface area contributed by atoms with E-state index in [1.54, 1.807) is 11.8 Å². The molecule has 1 N–H and O–H groups in total. The van der Waals surface area contributed by atoms with Gasteiger partial charge in [-0.3, -0.25) is 4.90 Å². The van der Waals surface area contributed by atoms with Gasteiger partial charge < -0.3 is 9.52 Å². The number of hydrogen-bond acceptors (Lipinski definition) is 4. The van der Waals surface area contributed by atoms with Gasteiger partial charge in [-0.15, -0.1) is 0 Å². The molecule has 0 radical (unpaired) electrons. The Hall–Kier alpha value is -0.940. The van der Waals surface area contributed by atoms with E-state index < -0.39 is 5.97 Å². The van der Waals surface area contributed by atoms with E-state index in [2.05, 4.69) is 18.1 Å². The van der Waals surface area contributed by atoms with E-state index >= 15 is 0 Å². The molecule has 16 heavy (non-hydrogen) atoms. The van der Waals surface area contributed by atoms with Gasteiger partial charge in [0.15, 0.2) is 0 Å². The normalized spacial score (nSPS) is 13.0. The Morgan fingerprint density at radius 3 is 2.94 bits per heavy atom. The fraction of sp³-hybridized carbons (Fsp3) is 0.545. The van der Waals surface area contributed by atoms with E-state index in [4.69, 9.17) is 9.52 Å². The zero-order chi connectivity index (χ0) is 12.1. The molecule has 0 amide bonds. The van der Waals surface area contributed by atoms with Crippen LogP contribution >= 0.6 is 11.8 Å². The molecule has 5 heteroatoms. The molecule has 1 rings (SSSR count). The molecule has 0 saturated heterocycles. The van der Waals surface area contributed by atoms with Crippen LogP contribution in [0, 0.1) is 0 Å². The van der Waals surface area contributed by atoms with Gasteiger partial charge in [-0.05, 0) is 26.3 Å². The van der Waals surface area contributed by atoms with Gasteiger partial charge in [0.05, 0.1) is 12.8 Å². The molecule has 1 unspecified atom stereocenters. The summed E-state index contributed by atoms with van der Waals surface area (Å²) in [7, 11) is 1.97. The van der Waals surface area contributed by atoms with Gasteiger partial charge in [-0.25, -0.2) is 4.79 Å². The number of carboxylic acids is 1. The molecule has 0 aliphatic rings. The average molecular weight is 243 g/mol. The van der Waals surface area contributed by atoms with Gasteiger partial charge in [-0.1, -0.05) is 0 Å². The van der Waals surface area contributed by atoms with E-state index in [1.807, 2.05) is 7.05 Å². The standard InChI is InChI=1S/C11H17NO3S/c1-8(7-16-3)12(2)6-10-9(11(13)14)4-5-15-10/h4-5,8H,6-7H2,1-3H3,(H,13,14). The van der Waals surface area contributed by atoms with Gasteiger partial charge in [0.25, 0.3) is 0 Å². The highest BCUT2D eigenvalue weighted by Gasteiger charge is 2.17. The summed E-state index contributed by atoms with van der Waals surface area (Å²) in [4.78, 5) is 13.0. The first-order valence-electron chi connectivity index (χ1n) is 5.05. The van der Waals surface area contributed by atoms with Crippen molar-refractivity contribution in [2.45, 2.75) is 19.5 Å². The lowest BCUT2D eigenvalue weighted by Gasteiger charge is -2.23. The van der Waals surface area contributed by atoms with Crippen molar-refractivity contribution < 1.29 is 14.3 Å². The van der Waals surface area contributed by atoms with Crippen molar-refractivity contribution in [3.05, 3.63) is 23.7 Å². The molecule has 0 bridgehead atoms. The van der Waals surface area contributed by atoms with Crippen LogP contribution in [0.5, 0.6) is 0 Å². The molecule has 1 atom stereocenters. The lowest BCUT2D eigenvalue weighted by molar-refractivity contribution is 0.0692. The molecular formula is C11H17NO3S. The van der Waals surface area contributed by atoms with Gasteiger partial charge in [0.1, 0.15) is 11.3 Å². The summed E-state index contributed by atoms with van der Waals surface area (Å²) in [5, 5.41) is 8.93. The lowest BCUT2D eigenvalue weighted by atomic mass is 10.2. The lowest BCUT2D eigenvalue weighted by Crippen LogP contribution is -2.30. The molecular weight excluding hydrogens is 226 g/mol. The number of nitrogens with zero attached hydrogens (tertiary/aromatic N) is 1. The van der Waals surface area contributed by atoms with Crippen molar-refractivity contribution in [2.75, 3.05) is 19.1 Å². The molecule has 1 heterocycles. The van der Waals surface area contributed by atoms with Crippen LogP contribution in [0.15, 0.2) is 16.7 Å². The third kappa shape index (κ3) is 3.28. The van der Waals surface area contributed by atoms with E-state index in [0.717, 1.165) is 5.75 Å². The zero-order valence-electron chi connectivity index (χ0n) is 9.77. The summed E-state index contributed by atoms with van der Waals surface area (Å²) >= 11 is 1.77. The molecule has 0 spiro atoms. The summed E-state index contributed by atoms with van der Waals surface area (Å²) in [6.07, 6.45) is 3.48. The minimum Gasteiger partial charge on any atom is -0.478 e. The quantitative estimate of drug-likeness (QED) is 0.829. The second kappa shape index (κ2) is 5.96. The first-order valence-corrected chi connectivity index (χ1v) is 6.44. The number of furan rings is 1. The third-order valence-corrected chi connectivity index (χ3v) is 3.34. The Balaban J connectivity index is 2.65. The molecule has 4 nitrogen and oxygen atoms in total. The van der Waals surface area contributed by atoms with Crippen molar-refractivity contribution in [3.8, 4) is 0 Å². The first kappa shape index (κ1) is 13.1. The predicted octanol–water partition coefficient (Wildman–Crippen LogP) is 2.16. The van der Waals surface area contributed by atoms with Crippen LogP contribution in [0.3, 0.4) is 0 Å². The average Bonchev–Trinajstić information content (AvgIpc) is 2.66. The van der Waals surface area contributed by atoms with Crippen molar-refractivity contribution in [1.82, 2.24) is 4.90 Å². The van der Waals surface area contributed by atoms with Crippen LogP contribution in [0.1, 0.15) is 23.0 Å². The Kier molecular flexibility index (Phi) is 4.89. The second-order valence-corrected chi connectivity index (χ2v) is 4.69. The molecule has 1 aromatic rings. The molecule has 0 aliphatic heterocycles. The maximum absolute atomic E-state index is 10.9. The van der Waals surface area contributed by atoms with Gasteiger partial charge in [0.2, 0.25) is 0 Å². The summed E-state index contributed by atoms with van der Waals surface area (Å²) in [5.41, 5.74) is 0.253. The maximum Gasteiger partial charge on any atom is 0.339 e. The number of rotatable bonds is 6. The summed E-state index contributed by atoms with van der Waals surface area (Å²) in [6, 6.07) is 1.88. The fourth-order valence-electron chi connectivity index (χ4n) is 1.40. The second-order valence-electron chi connectivity index (χ2n) is 3.78. The molecule has 0 aliphatic carbocycles. The van der Waals surface area contributed by atoms with Gasteiger partial charge >= 0.3 is 5.97 Å². The van der Waals surface area contributed by atoms with Crippen LogP contribution in [0.4, 0.5) is 0 Å². The van der Waals surface area contributed by atoms with E-state index in [0.29, 0.717) is 18.3 Å². The smallest absolute Gasteiger partial charge is 0.339 e. The molecule has 0 aromatic carbocycles. The summed E-state index contributed by atoms with van der Waals surface area (Å²) < 4.78 is 5.20. The first-order chi connectivity index (χ1) is 7.56. The van der Waals surface area contributed by atoms with E-state index in [1.165, 1.54) is 12.3 Å². The summed E-state index contributed by atoms with van der Waals surface area (Å²) in [5.74, 6) is 0.595. The van der Waals surface area contributed by atoms with Gasteiger partial charge in [-0.2, -0.15) is 11.8 Å². The predicted molar refractivity (Wildman–Crippen MR) is 65.0 cm³/mol. The highest BCUT2D eigenvalue weighted by molar-refractivity contribution is 7.98. The number of aromatic carboxylic acids is 1. The van der Waals surface area contributed by atoms with Crippen LogP contribution in [0.25, 0.3) is 0 Å². The highest BCUT2D eigenvalue weighted by atomic mass is 32.2. The van der Waals surface area contributed by atoms with Gasteiger partial charge in [0, 0.05) is 11.8 Å². The van der Waals surface area contributed by atoms with Crippen molar-refractivity contribution in [3.63, 3.8) is 0 Å². The zero-order valence-corrected chi connectivity index (χ0v) is 10.6. The summed E-state index contributed by atoms with van der Waals surface area (Å²) in [6.45, 7) is 2.64. The Morgan fingerprint density at radius 2 is 2.38 bits per heavy atom. The molecule has 1 aromatic heterocycles. The number of thioether (sulfide) groups is 1. The minimum atomic E-state index is -0.935. The van der Waals surface area contributed by atoms with Crippen molar-refractivity contribution >= 4 is 17.7 Å². The Labute approximate surface area is 99.6 Å². The topological polar surface area (TPSA) is 53.7 Å². The van der Waals surface area contributed by atoms with Crippen molar-refractivity contribution in [1.29, 1.82) is 0 Å². The molecule has 0 fully saturated rings. The van der Waals surface area contributed by atoms with Crippen LogP contribution in [-0.4, -0.2) is 41.1 Å².